The van der Waals surface area contributed by atoms with E-state index in [1.807, 2.05) is 29.2 Å². The van der Waals surface area contributed by atoms with Gasteiger partial charge in [0, 0.05) is 45.0 Å². The van der Waals surface area contributed by atoms with Gasteiger partial charge < -0.3 is 15.5 Å². The van der Waals surface area contributed by atoms with Gasteiger partial charge in [0.05, 0.1) is 4.75 Å². The summed E-state index contributed by atoms with van der Waals surface area (Å²) < 4.78 is 22.7. The quantitative estimate of drug-likeness (QED) is 0.348. The first-order chi connectivity index (χ1) is 12.1. The van der Waals surface area contributed by atoms with Crippen molar-refractivity contribution in [3.8, 4) is 0 Å². The number of halogens is 1. The van der Waals surface area contributed by atoms with Gasteiger partial charge in [-0.1, -0.05) is 12.1 Å². The molecule has 1 aromatic rings. The molecule has 2 rings (SSSR count). The maximum absolute atomic E-state index is 11.8. The average molecular weight is 508 g/mol. The number of sulfone groups is 1. The molecule has 0 radical (unpaired) electrons. The lowest BCUT2D eigenvalue weighted by molar-refractivity contribution is -0.117. The fourth-order valence-electron chi connectivity index (χ4n) is 2.55. The van der Waals surface area contributed by atoms with Crippen LogP contribution in [0.15, 0.2) is 29.3 Å². The van der Waals surface area contributed by atoms with E-state index in [0.717, 1.165) is 24.2 Å². The van der Waals surface area contributed by atoms with E-state index in [-0.39, 0.29) is 36.4 Å². The highest BCUT2D eigenvalue weighted by Crippen LogP contribution is 2.21. The van der Waals surface area contributed by atoms with Gasteiger partial charge in [0.2, 0.25) is 5.91 Å². The van der Waals surface area contributed by atoms with Gasteiger partial charge in [0.25, 0.3) is 0 Å². The number of amides is 1. The van der Waals surface area contributed by atoms with Crippen LogP contribution in [0.5, 0.6) is 0 Å². The summed E-state index contributed by atoms with van der Waals surface area (Å²) in [6.07, 6.45) is 2.76. The zero-order chi connectivity index (χ0) is 19.4. The van der Waals surface area contributed by atoms with Gasteiger partial charge in [-0.15, -0.1) is 24.0 Å². The second-order valence-corrected chi connectivity index (χ2v) is 9.78. The van der Waals surface area contributed by atoms with Crippen LogP contribution in [0.1, 0.15) is 32.3 Å². The molecule has 27 heavy (non-hydrogen) atoms. The number of guanidine groups is 1. The van der Waals surface area contributed by atoms with Crippen molar-refractivity contribution in [1.29, 1.82) is 0 Å². The van der Waals surface area contributed by atoms with Crippen molar-refractivity contribution in [2.45, 2.75) is 38.0 Å². The number of aliphatic imine (C=N–C) groups is 1. The molecule has 1 heterocycles. The molecule has 0 aromatic heterocycles. The second-order valence-electron chi connectivity index (χ2n) is 7.13. The minimum absolute atomic E-state index is 0. The molecule has 0 bridgehead atoms. The Labute approximate surface area is 178 Å². The summed E-state index contributed by atoms with van der Waals surface area (Å²) in [6, 6.07) is 7.84. The van der Waals surface area contributed by atoms with Crippen molar-refractivity contribution in [1.82, 2.24) is 10.6 Å². The van der Waals surface area contributed by atoms with Gasteiger partial charge >= 0.3 is 0 Å². The molecule has 2 N–H and O–H groups in total. The van der Waals surface area contributed by atoms with E-state index in [9.17, 15) is 13.2 Å². The number of nitrogens with one attached hydrogen (secondary N) is 2. The van der Waals surface area contributed by atoms with Crippen molar-refractivity contribution >= 4 is 51.4 Å². The first-order valence-electron chi connectivity index (χ1n) is 8.67. The second kappa shape index (κ2) is 9.72. The molecule has 0 spiro atoms. The van der Waals surface area contributed by atoms with Gasteiger partial charge in [-0.05, 0) is 38.0 Å². The zero-order valence-electron chi connectivity index (χ0n) is 16.3. The van der Waals surface area contributed by atoms with Crippen LogP contribution in [0, 0.1) is 0 Å². The van der Waals surface area contributed by atoms with E-state index in [1.165, 1.54) is 6.26 Å². The van der Waals surface area contributed by atoms with Crippen LogP contribution in [-0.2, 0) is 21.2 Å². The predicted molar refractivity (Wildman–Crippen MR) is 121 cm³/mol. The maximum atomic E-state index is 11.8. The number of nitrogens with zero attached hydrogens (tertiary/aromatic N) is 2. The standard InChI is InChI=1S/C18H28N4O3S.HI/c1-18(2,26(4,24)25)13-21-17(19-3)20-12-14-7-9-15(10-8-14)22-11-5-6-16(22)23;/h7-10H,5-6,11-13H2,1-4H3,(H2,19,20,21);1H. The summed E-state index contributed by atoms with van der Waals surface area (Å²) in [5, 5.41) is 6.23. The monoisotopic (exact) mass is 508 g/mol. The van der Waals surface area contributed by atoms with Crippen LogP contribution in [0.4, 0.5) is 5.69 Å². The highest BCUT2D eigenvalue weighted by molar-refractivity contribution is 14.0. The zero-order valence-corrected chi connectivity index (χ0v) is 19.4. The number of benzene rings is 1. The number of hydrogen-bond acceptors (Lipinski definition) is 4. The molecule has 0 unspecified atom stereocenters. The lowest BCUT2D eigenvalue weighted by Crippen LogP contribution is -2.47. The molecule has 0 atom stereocenters. The van der Waals surface area contributed by atoms with Gasteiger partial charge in [0.15, 0.2) is 15.8 Å². The third-order valence-electron chi connectivity index (χ3n) is 4.69. The van der Waals surface area contributed by atoms with Crippen molar-refractivity contribution < 1.29 is 13.2 Å². The molecule has 1 saturated heterocycles. The summed E-state index contributed by atoms with van der Waals surface area (Å²) in [6.45, 7) is 4.96. The average Bonchev–Trinajstić information content (AvgIpc) is 3.00. The van der Waals surface area contributed by atoms with Gasteiger partial charge in [-0.3, -0.25) is 9.79 Å². The first-order valence-corrected chi connectivity index (χ1v) is 10.6. The molecule has 7 nitrogen and oxygen atoms in total. The Bertz CT molecular complexity index is 776. The lowest BCUT2D eigenvalue weighted by atomic mass is 10.2. The van der Waals surface area contributed by atoms with Crippen LogP contribution >= 0.6 is 24.0 Å². The highest BCUT2D eigenvalue weighted by Gasteiger charge is 2.30. The summed E-state index contributed by atoms with van der Waals surface area (Å²) >= 11 is 0. The Balaban J connectivity index is 0.00000364. The molecule has 1 fully saturated rings. The van der Waals surface area contributed by atoms with E-state index in [1.54, 1.807) is 20.9 Å². The van der Waals surface area contributed by atoms with Gasteiger partial charge in [-0.25, -0.2) is 8.42 Å². The van der Waals surface area contributed by atoms with E-state index in [0.29, 0.717) is 18.9 Å². The Morgan fingerprint density at radius 2 is 1.85 bits per heavy atom. The number of anilines is 1. The third-order valence-corrected chi connectivity index (χ3v) is 6.84. The van der Waals surface area contributed by atoms with E-state index in [4.69, 9.17) is 0 Å². The van der Waals surface area contributed by atoms with Crippen LogP contribution in [0.25, 0.3) is 0 Å². The number of hydrogen-bond donors (Lipinski definition) is 2. The summed E-state index contributed by atoms with van der Waals surface area (Å²) in [7, 11) is -1.52. The van der Waals surface area contributed by atoms with Crippen LogP contribution in [0.2, 0.25) is 0 Å². The van der Waals surface area contributed by atoms with Crippen molar-refractivity contribution in [2.75, 3.05) is 31.3 Å². The normalized spacial score (nSPS) is 15.5. The van der Waals surface area contributed by atoms with E-state index < -0.39 is 14.6 Å². The largest absolute Gasteiger partial charge is 0.355 e. The van der Waals surface area contributed by atoms with Crippen LogP contribution in [-0.4, -0.2) is 51.4 Å². The van der Waals surface area contributed by atoms with Crippen LogP contribution < -0.4 is 15.5 Å². The Morgan fingerprint density at radius 1 is 1.22 bits per heavy atom. The first kappa shape index (κ1) is 23.7. The summed E-state index contributed by atoms with van der Waals surface area (Å²) in [4.78, 5) is 17.7. The smallest absolute Gasteiger partial charge is 0.227 e. The SMILES string of the molecule is CN=C(NCc1ccc(N2CCCC2=O)cc1)NCC(C)(C)S(C)(=O)=O.I. The topological polar surface area (TPSA) is 90.9 Å². The minimum atomic E-state index is -3.17. The van der Waals surface area contributed by atoms with Gasteiger partial charge in [0.1, 0.15) is 0 Å². The lowest BCUT2D eigenvalue weighted by Gasteiger charge is -2.24. The highest BCUT2D eigenvalue weighted by atomic mass is 127. The molecule has 0 saturated carbocycles. The molecule has 0 aliphatic carbocycles. The fourth-order valence-corrected chi connectivity index (χ4v) is 2.88. The molecule has 1 amide bonds. The molecule has 9 heteroatoms. The van der Waals surface area contributed by atoms with E-state index >= 15 is 0 Å². The Hall–Kier alpha value is -1.36. The van der Waals surface area contributed by atoms with Crippen molar-refractivity contribution in [3.63, 3.8) is 0 Å². The van der Waals surface area contributed by atoms with E-state index in [2.05, 4.69) is 15.6 Å². The third kappa shape index (κ3) is 6.34. The number of rotatable bonds is 6. The molecule has 1 aliphatic heterocycles. The molecule has 152 valence electrons. The fraction of sp³-hybridized carbons (Fsp3) is 0.556. The number of carbonyl (C=O) groups excluding carboxylic acids is 1. The molecular formula is C18H29IN4O3S. The van der Waals surface area contributed by atoms with Crippen LogP contribution in [0.3, 0.4) is 0 Å². The molecule has 1 aliphatic rings. The minimum Gasteiger partial charge on any atom is -0.355 e. The Morgan fingerprint density at radius 3 is 2.33 bits per heavy atom. The Kier molecular flexibility index (Phi) is 8.52. The van der Waals surface area contributed by atoms with Crippen molar-refractivity contribution in [3.05, 3.63) is 29.8 Å². The maximum Gasteiger partial charge on any atom is 0.227 e. The molecular weight excluding hydrogens is 479 g/mol. The summed E-state index contributed by atoms with van der Waals surface area (Å²) in [5.41, 5.74) is 1.97. The van der Waals surface area contributed by atoms with Gasteiger partial charge in [-0.2, -0.15) is 0 Å². The molecule has 1 aromatic carbocycles. The van der Waals surface area contributed by atoms with Crippen molar-refractivity contribution in [2.24, 2.45) is 4.99 Å². The number of carbonyl (C=O) groups is 1. The predicted octanol–water partition coefficient (Wildman–Crippen LogP) is 1.92. The summed E-state index contributed by atoms with van der Waals surface area (Å²) in [5.74, 6) is 0.717.